The van der Waals surface area contributed by atoms with Crippen molar-refractivity contribution in [2.45, 2.75) is 25.3 Å². The Morgan fingerprint density at radius 1 is 1.35 bits per heavy atom. The number of fused-ring (bicyclic) bond motifs is 1. The first kappa shape index (κ1) is 12.9. The van der Waals surface area contributed by atoms with Gasteiger partial charge < -0.3 is 15.1 Å². The summed E-state index contributed by atoms with van der Waals surface area (Å²) in [6.45, 7) is 0.993. The lowest BCUT2D eigenvalue weighted by Gasteiger charge is -2.10. The van der Waals surface area contributed by atoms with Crippen molar-refractivity contribution in [1.82, 2.24) is 5.32 Å². The number of nitrogens with one attached hydrogen (secondary N) is 2. The van der Waals surface area contributed by atoms with E-state index in [0.717, 1.165) is 24.8 Å². The largest absolute Gasteiger partial charge is 0.423 e. The van der Waals surface area contributed by atoms with Gasteiger partial charge >= 0.3 is 5.63 Å². The molecule has 1 aliphatic heterocycles. The molecule has 0 aliphatic carbocycles. The summed E-state index contributed by atoms with van der Waals surface area (Å²) in [7, 11) is 0. The molecule has 5 nitrogen and oxygen atoms in total. The summed E-state index contributed by atoms with van der Waals surface area (Å²) in [5, 5.41) is 6.97. The number of benzene rings is 1. The average molecular weight is 272 g/mol. The Kier molecular flexibility index (Phi) is 3.52. The third-order valence-corrected chi connectivity index (χ3v) is 3.50. The van der Waals surface area contributed by atoms with Gasteiger partial charge in [-0.25, -0.2) is 4.79 Å². The molecule has 0 radical (unpaired) electrons. The summed E-state index contributed by atoms with van der Waals surface area (Å²) >= 11 is 0. The first-order valence-electron chi connectivity index (χ1n) is 6.78. The zero-order valence-electron chi connectivity index (χ0n) is 11.0. The maximum Gasteiger partial charge on any atom is 0.336 e. The van der Waals surface area contributed by atoms with E-state index in [0.29, 0.717) is 17.7 Å². The van der Waals surface area contributed by atoms with Crippen molar-refractivity contribution in [2.75, 3.05) is 11.9 Å². The van der Waals surface area contributed by atoms with Gasteiger partial charge in [-0.3, -0.25) is 4.79 Å². The van der Waals surface area contributed by atoms with Crippen LogP contribution in [0.4, 0.5) is 5.69 Å². The molecule has 1 fully saturated rings. The minimum absolute atomic E-state index is 0.00105. The molecule has 0 saturated carbocycles. The molecule has 2 heterocycles. The van der Waals surface area contributed by atoms with Crippen molar-refractivity contribution < 1.29 is 9.21 Å². The van der Waals surface area contributed by atoms with Crippen LogP contribution in [0.15, 0.2) is 39.5 Å². The number of carbonyl (C=O) groups excluding carboxylic acids is 1. The van der Waals surface area contributed by atoms with Gasteiger partial charge in [0.05, 0.1) is 0 Å². The first-order chi connectivity index (χ1) is 9.70. The molecule has 1 amide bonds. The van der Waals surface area contributed by atoms with E-state index in [-0.39, 0.29) is 17.6 Å². The fourth-order valence-corrected chi connectivity index (χ4v) is 2.52. The Morgan fingerprint density at radius 2 is 2.25 bits per heavy atom. The van der Waals surface area contributed by atoms with Crippen molar-refractivity contribution in [3.8, 4) is 0 Å². The monoisotopic (exact) mass is 272 g/mol. The Labute approximate surface area is 116 Å². The third kappa shape index (κ3) is 2.88. The number of hydrogen-bond acceptors (Lipinski definition) is 4. The highest BCUT2D eigenvalue weighted by Crippen LogP contribution is 2.18. The lowest BCUT2D eigenvalue weighted by Crippen LogP contribution is -2.27. The van der Waals surface area contributed by atoms with E-state index in [1.165, 1.54) is 6.07 Å². The minimum atomic E-state index is -0.374. The third-order valence-electron chi connectivity index (χ3n) is 3.50. The van der Waals surface area contributed by atoms with Crippen LogP contribution in [0.2, 0.25) is 0 Å². The molecule has 1 aromatic carbocycles. The van der Waals surface area contributed by atoms with E-state index in [4.69, 9.17) is 4.42 Å². The van der Waals surface area contributed by atoms with Crippen molar-refractivity contribution in [1.29, 1.82) is 0 Å². The first-order valence-corrected chi connectivity index (χ1v) is 6.78. The fraction of sp³-hybridized carbons (Fsp3) is 0.333. The maximum atomic E-state index is 11.9. The molecule has 5 heteroatoms. The maximum absolute atomic E-state index is 11.9. The highest BCUT2D eigenvalue weighted by Gasteiger charge is 2.17. The molecule has 1 saturated heterocycles. The minimum Gasteiger partial charge on any atom is -0.423 e. The zero-order valence-corrected chi connectivity index (χ0v) is 11.0. The smallest absolute Gasteiger partial charge is 0.336 e. The molecule has 2 N–H and O–H groups in total. The molecule has 104 valence electrons. The van der Waals surface area contributed by atoms with Crippen LogP contribution in [-0.2, 0) is 4.79 Å². The van der Waals surface area contributed by atoms with Crippen LogP contribution >= 0.6 is 0 Å². The summed E-state index contributed by atoms with van der Waals surface area (Å²) in [6, 6.07) is 8.59. The Morgan fingerprint density at radius 3 is 3.05 bits per heavy atom. The zero-order chi connectivity index (χ0) is 13.9. The molecule has 2 aromatic rings. The molecule has 3 rings (SSSR count). The lowest BCUT2D eigenvalue weighted by atomic mass is 10.1. The molecule has 20 heavy (non-hydrogen) atoms. The van der Waals surface area contributed by atoms with Crippen LogP contribution in [-0.4, -0.2) is 18.5 Å². The normalized spacial score (nSPS) is 18.3. The van der Waals surface area contributed by atoms with Crippen LogP contribution in [0.1, 0.15) is 19.3 Å². The van der Waals surface area contributed by atoms with E-state index >= 15 is 0 Å². The van der Waals surface area contributed by atoms with E-state index in [1.807, 2.05) is 0 Å². The summed E-state index contributed by atoms with van der Waals surface area (Å²) < 4.78 is 5.05. The standard InChI is InChI=1S/C15H16N2O3/c18-14(9-11-2-1-7-16-11)17-12-4-5-13-10(8-12)3-6-15(19)20-13/h3-6,8,11,16H,1-2,7,9H2,(H,17,18). The summed E-state index contributed by atoms with van der Waals surface area (Å²) in [6.07, 6.45) is 2.67. The molecule has 0 spiro atoms. The van der Waals surface area contributed by atoms with Gasteiger partial charge in [0.15, 0.2) is 0 Å². The van der Waals surface area contributed by atoms with Crippen molar-refractivity contribution >= 4 is 22.6 Å². The highest BCUT2D eigenvalue weighted by atomic mass is 16.4. The van der Waals surface area contributed by atoms with Gasteiger partial charge in [-0.05, 0) is 43.7 Å². The van der Waals surface area contributed by atoms with E-state index in [2.05, 4.69) is 10.6 Å². The van der Waals surface area contributed by atoms with E-state index in [9.17, 15) is 9.59 Å². The van der Waals surface area contributed by atoms with Crippen molar-refractivity contribution in [3.63, 3.8) is 0 Å². The Bertz CT molecular complexity index is 687. The second kappa shape index (κ2) is 5.46. The molecule has 1 atom stereocenters. The number of amides is 1. The molecular weight excluding hydrogens is 256 g/mol. The number of rotatable bonds is 3. The van der Waals surface area contributed by atoms with Gasteiger partial charge in [-0.15, -0.1) is 0 Å². The van der Waals surface area contributed by atoms with Crippen LogP contribution < -0.4 is 16.3 Å². The van der Waals surface area contributed by atoms with Gasteiger partial charge in [-0.1, -0.05) is 0 Å². The summed E-state index contributed by atoms with van der Waals surface area (Å²) in [5.41, 5.74) is 0.865. The SMILES string of the molecule is O=C(CC1CCCN1)Nc1ccc2oc(=O)ccc2c1. The van der Waals surface area contributed by atoms with Crippen LogP contribution in [0.5, 0.6) is 0 Å². The van der Waals surface area contributed by atoms with E-state index in [1.54, 1.807) is 24.3 Å². The quantitative estimate of drug-likeness (QED) is 0.837. The topological polar surface area (TPSA) is 71.3 Å². The van der Waals surface area contributed by atoms with Gasteiger partial charge in [0.25, 0.3) is 0 Å². The van der Waals surface area contributed by atoms with Crippen molar-refractivity contribution in [3.05, 3.63) is 40.8 Å². The lowest BCUT2D eigenvalue weighted by molar-refractivity contribution is -0.116. The molecule has 1 aliphatic rings. The van der Waals surface area contributed by atoms with Gasteiger partial charge in [0.2, 0.25) is 5.91 Å². The predicted molar refractivity (Wildman–Crippen MR) is 76.8 cm³/mol. The second-order valence-electron chi connectivity index (χ2n) is 5.05. The van der Waals surface area contributed by atoms with E-state index < -0.39 is 0 Å². The molecule has 1 unspecified atom stereocenters. The second-order valence-corrected chi connectivity index (χ2v) is 5.05. The van der Waals surface area contributed by atoms with Gasteiger partial charge in [-0.2, -0.15) is 0 Å². The van der Waals surface area contributed by atoms with Crippen LogP contribution in [0.25, 0.3) is 11.0 Å². The van der Waals surface area contributed by atoms with Crippen LogP contribution in [0.3, 0.4) is 0 Å². The van der Waals surface area contributed by atoms with Gasteiger partial charge in [0.1, 0.15) is 5.58 Å². The molecule has 0 bridgehead atoms. The van der Waals surface area contributed by atoms with Gasteiger partial charge in [0, 0.05) is 29.6 Å². The fourth-order valence-electron chi connectivity index (χ4n) is 2.52. The predicted octanol–water partition coefficient (Wildman–Crippen LogP) is 1.87. The van der Waals surface area contributed by atoms with Crippen molar-refractivity contribution in [2.24, 2.45) is 0 Å². The number of anilines is 1. The number of hydrogen-bond donors (Lipinski definition) is 2. The highest BCUT2D eigenvalue weighted by molar-refractivity contribution is 5.93. The number of carbonyl (C=O) groups is 1. The average Bonchev–Trinajstić information content (AvgIpc) is 2.91. The molecular formula is C15H16N2O3. The summed E-state index contributed by atoms with van der Waals surface area (Å²) in [5.74, 6) is 0.00105. The van der Waals surface area contributed by atoms with Crippen LogP contribution in [0, 0.1) is 0 Å². The Hall–Kier alpha value is -2.14. The summed E-state index contributed by atoms with van der Waals surface area (Å²) in [4.78, 5) is 23.0. The molecule has 1 aromatic heterocycles. The Balaban J connectivity index is 1.72.